The summed E-state index contributed by atoms with van der Waals surface area (Å²) in [7, 11) is 1.62. The van der Waals surface area contributed by atoms with Gasteiger partial charge in [-0.3, -0.25) is 0 Å². The van der Waals surface area contributed by atoms with Crippen molar-refractivity contribution in [2.45, 2.75) is 32.7 Å². The molecule has 0 radical (unpaired) electrons. The highest BCUT2D eigenvalue weighted by Crippen LogP contribution is 2.20. The molecule has 1 heterocycles. The summed E-state index contributed by atoms with van der Waals surface area (Å²) in [6.07, 6.45) is 2.08. The van der Waals surface area contributed by atoms with Gasteiger partial charge in [0.2, 0.25) is 5.88 Å². The highest BCUT2D eigenvalue weighted by molar-refractivity contribution is 5.27. The summed E-state index contributed by atoms with van der Waals surface area (Å²) in [5.41, 5.74) is 8.10. The molecule has 0 amide bonds. The lowest BCUT2D eigenvalue weighted by atomic mass is 10.0. The van der Waals surface area contributed by atoms with E-state index < -0.39 is 0 Å². The molecule has 0 aromatic carbocycles. The number of aromatic nitrogens is 1. The van der Waals surface area contributed by atoms with Crippen molar-refractivity contribution in [3.8, 4) is 5.88 Å². The van der Waals surface area contributed by atoms with Gasteiger partial charge in [0.1, 0.15) is 0 Å². The summed E-state index contributed by atoms with van der Waals surface area (Å²) >= 11 is 0. The fourth-order valence-electron chi connectivity index (χ4n) is 1.52. The van der Waals surface area contributed by atoms with Gasteiger partial charge in [0.15, 0.2) is 0 Å². The van der Waals surface area contributed by atoms with Crippen LogP contribution in [0.4, 0.5) is 0 Å². The van der Waals surface area contributed by atoms with Gasteiger partial charge in [-0.1, -0.05) is 19.4 Å². The number of pyridine rings is 1. The molecule has 14 heavy (non-hydrogen) atoms. The maximum Gasteiger partial charge on any atom is 0.213 e. The van der Waals surface area contributed by atoms with Crippen LogP contribution in [0.5, 0.6) is 5.88 Å². The van der Waals surface area contributed by atoms with Crippen LogP contribution in [0.1, 0.15) is 37.1 Å². The van der Waals surface area contributed by atoms with Crippen molar-refractivity contribution >= 4 is 0 Å². The Bertz CT molecular complexity index is 299. The largest absolute Gasteiger partial charge is 0.481 e. The Morgan fingerprint density at radius 2 is 2.21 bits per heavy atom. The SMILES string of the molecule is CCCC(N)c1ccc(OC)nc1C. The smallest absolute Gasteiger partial charge is 0.213 e. The van der Waals surface area contributed by atoms with Crippen molar-refractivity contribution in [1.82, 2.24) is 4.98 Å². The van der Waals surface area contributed by atoms with Crippen LogP contribution in [0.15, 0.2) is 12.1 Å². The third-order valence-electron chi connectivity index (χ3n) is 2.31. The molecule has 0 aliphatic carbocycles. The molecular weight excluding hydrogens is 176 g/mol. The van der Waals surface area contributed by atoms with E-state index in [-0.39, 0.29) is 6.04 Å². The van der Waals surface area contributed by atoms with Gasteiger partial charge in [-0.2, -0.15) is 0 Å². The second-order valence-electron chi connectivity index (χ2n) is 3.42. The number of methoxy groups -OCH3 is 1. The van der Waals surface area contributed by atoms with Crippen LogP contribution < -0.4 is 10.5 Å². The van der Waals surface area contributed by atoms with Crippen molar-refractivity contribution < 1.29 is 4.74 Å². The van der Waals surface area contributed by atoms with Crippen LogP contribution in [0.25, 0.3) is 0 Å². The van der Waals surface area contributed by atoms with Crippen LogP contribution in [0.2, 0.25) is 0 Å². The second-order valence-corrected chi connectivity index (χ2v) is 3.42. The highest BCUT2D eigenvalue weighted by atomic mass is 16.5. The Labute approximate surface area is 85.3 Å². The van der Waals surface area contributed by atoms with Gasteiger partial charge in [-0.05, 0) is 18.9 Å². The molecule has 78 valence electrons. The minimum atomic E-state index is 0.0957. The number of hydrogen-bond acceptors (Lipinski definition) is 3. The summed E-state index contributed by atoms with van der Waals surface area (Å²) in [5.74, 6) is 0.648. The highest BCUT2D eigenvalue weighted by Gasteiger charge is 2.09. The van der Waals surface area contributed by atoms with Gasteiger partial charge in [0.05, 0.1) is 7.11 Å². The van der Waals surface area contributed by atoms with Crippen LogP contribution in [0.3, 0.4) is 0 Å². The zero-order chi connectivity index (χ0) is 10.6. The van der Waals surface area contributed by atoms with Crippen LogP contribution in [0, 0.1) is 6.92 Å². The van der Waals surface area contributed by atoms with Crippen molar-refractivity contribution in [1.29, 1.82) is 0 Å². The molecule has 1 unspecified atom stereocenters. The molecule has 1 aromatic heterocycles. The van der Waals surface area contributed by atoms with Crippen molar-refractivity contribution in [3.63, 3.8) is 0 Å². The number of rotatable bonds is 4. The van der Waals surface area contributed by atoms with Gasteiger partial charge < -0.3 is 10.5 Å². The van der Waals surface area contributed by atoms with Crippen molar-refractivity contribution in [2.75, 3.05) is 7.11 Å². The predicted octanol–water partition coefficient (Wildman–Crippen LogP) is 2.20. The molecule has 0 aliphatic rings. The molecule has 0 spiro atoms. The van der Waals surface area contributed by atoms with E-state index in [1.807, 2.05) is 19.1 Å². The van der Waals surface area contributed by atoms with Crippen LogP contribution >= 0.6 is 0 Å². The Morgan fingerprint density at radius 3 is 2.71 bits per heavy atom. The van der Waals surface area contributed by atoms with Gasteiger partial charge in [0.25, 0.3) is 0 Å². The average molecular weight is 194 g/mol. The summed E-state index contributed by atoms with van der Waals surface area (Å²) in [5, 5.41) is 0. The minimum Gasteiger partial charge on any atom is -0.481 e. The van der Waals surface area contributed by atoms with Gasteiger partial charge in [-0.15, -0.1) is 0 Å². The van der Waals surface area contributed by atoms with Crippen LogP contribution in [-0.4, -0.2) is 12.1 Å². The van der Waals surface area contributed by atoms with E-state index in [0.717, 1.165) is 24.1 Å². The Morgan fingerprint density at radius 1 is 1.50 bits per heavy atom. The summed E-state index contributed by atoms with van der Waals surface area (Å²) < 4.78 is 5.04. The fraction of sp³-hybridized carbons (Fsp3) is 0.545. The molecule has 1 aromatic rings. The topological polar surface area (TPSA) is 48.1 Å². The lowest BCUT2D eigenvalue weighted by Crippen LogP contribution is -2.12. The molecule has 3 heteroatoms. The number of ether oxygens (including phenoxy) is 1. The number of aryl methyl sites for hydroxylation is 1. The summed E-state index contributed by atoms with van der Waals surface area (Å²) in [6.45, 7) is 4.10. The van der Waals surface area contributed by atoms with Gasteiger partial charge in [0, 0.05) is 17.8 Å². The van der Waals surface area contributed by atoms with Crippen molar-refractivity contribution in [2.24, 2.45) is 5.73 Å². The van der Waals surface area contributed by atoms with E-state index in [1.165, 1.54) is 0 Å². The fourth-order valence-corrected chi connectivity index (χ4v) is 1.52. The first kappa shape index (κ1) is 11.0. The molecule has 3 nitrogen and oxygen atoms in total. The number of nitrogens with two attached hydrogens (primary N) is 1. The molecule has 0 saturated heterocycles. The Kier molecular flexibility index (Phi) is 3.89. The van der Waals surface area contributed by atoms with E-state index in [0.29, 0.717) is 5.88 Å². The van der Waals surface area contributed by atoms with Crippen molar-refractivity contribution in [3.05, 3.63) is 23.4 Å². The molecular formula is C11H18N2O. The van der Waals surface area contributed by atoms with Gasteiger partial charge in [-0.25, -0.2) is 4.98 Å². The molecule has 0 fully saturated rings. The first-order chi connectivity index (χ1) is 6.69. The van der Waals surface area contributed by atoms with E-state index in [2.05, 4.69) is 11.9 Å². The maximum absolute atomic E-state index is 6.02. The van der Waals surface area contributed by atoms with Gasteiger partial charge >= 0.3 is 0 Å². The molecule has 0 bridgehead atoms. The van der Waals surface area contributed by atoms with E-state index in [1.54, 1.807) is 7.11 Å². The van der Waals surface area contributed by atoms with Crippen LogP contribution in [-0.2, 0) is 0 Å². The molecule has 0 saturated carbocycles. The first-order valence-corrected chi connectivity index (χ1v) is 4.96. The molecule has 1 atom stereocenters. The molecule has 2 N–H and O–H groups in total. The van der Waals surface area contributed by atoms with E-state index in [4.69, 9.17) is 10.5 Å². The Hall–Kier alpha value is -1.09. The monoisotopic (exact) mass is 194 g/mol. The third-order valence-corrected chi connectivity index (χ3v) is 2.31. The molecule has 0 aliphatic heterocycles. The lowest BCUT2D eigenvalue weighted by molar-refractivity contribution is 0.396. The standard InChI is InChI=1S/C11H18N2O/c1-4-5-10(12)9-6-7-11(14-3)13-8(9)2/h6-7,10H,4-5,12H2,1-3H3. The Balaban J connectivity index is 2.88. The third kappa shape index (κ3) is 2.45. The van der Waals surface area contributed by atoms with E-state index in [9.17, 15) is 0 Å². The summed E-state index contributed by atoms with van der Waals surface area (Å²) in [4.78, 5) is 4.29. The second kappa shape index (κ2) is 4.96. The number of nitrogens with zero attached hydrogens (tertiary/aromatic N) is 1. The van der Waals surface area contributed by atoms with E-state index >= 15 is 0 Å². The summed E-state index contributed by atoms with van der Waals surface area (Å²) in [6, 6.07) is 3.96. The first-order valence-electron chi connectivity index (χ1n) is 4.96. The quantitative estimate of drug-likeness (QED) is 0.799. The minimum absolute atomic E-state index is 0.0957. The maximum atomic E-state index is 6.02. The normalized spacial score (nSPS) is 12.6. The molecule has 1 rings (SSSR count). The zero-order valence-electron chi connectivity index (χ0n) is 9.08. The lowest BCUT2D eigenvalue weighted by Gasteiger charge is -2.13. The zero-order valence-corrected chi connectivity index (χ0v) is 9.08. The average Bonchev–Trinajstić information content (AvgIpc) is 2.17. The number of hydrogen-bond donors (Lipinski definition) is 1. The predicted molar refractivity (Wildman–Crippen MR) is 57.4 cm³/mol.